The Labute approximate surface area is 165 Å². The van der Waals surface area contributed by atoms with E-state index in [0.717, 1.165) is 5.39 Å². The molecule has 29 heavy (non-hydrogen) atoms. The van der Waals surface area contributed by atoms with Crippen LogP contribution in [0.25, 0.3) is 11.0 Å². The minimum Gasteiger partial charge on any atom is -0.497 e. The van der Waals surface area contributed by atoms with Gasteiger partial charge in [-0.25, -0.2) is 9.59 Å². The molecule has 0 aliphatic rings. The predicted molar refractivity (Wildman–Crippen MR) is 101 cm³/mol. The molecule has 0 radical (unpaired) electrons. The Hall–Kier alpha value is -3.81. The second-order valence-electron chi connectivity index (χ2n) is 6.00. The van der Waals surface area contributed by atoms with Gasteiger partial charge in [0.1, 0.15) is 17.1 Å². The molecular weight excluding hydrogens is 380 g/mol. The third kappa shape index (κ3) is 4.37. The Morgan fingerprint density at radius 1 is 0.862 bits per heavy atom. The van der Waals surface area contributed by atoms with Gasteiger partial charge in [-0.15, -0.1) is 0 Å². The Balaban J connectivity index is 1.83. The Kier molecular flexibility index (Phi) is 5.82. The normalized spacial score (nSPS) is 10.4. The second kappa shape index (κ2) is 8.47. The van der Waals surface area contributed by atoms with Crippen LogP contribution in [0.1, 0.15) is 26.3 Å². The van der Waals surface area contributed by atoms with Crippen LogP contribution >= 0.6 is 0 Å². The zero-order valence-electron chi connectivity index (χ0n) is 16.0. The lowest BCUT2D eigenvalue weighted by Gasteiger charge is -2.08. The highest BCUT2D eigenvalue weighted by Gasteiger charge is 2.17. The van der Waals surface area contributed by atoms with E-state index >= 15 is 0 Å². The van der Waals surface area contributed by atoms with Gasteiger partial charge in [-0.3, -0.25) is 4.79 Å². The molecule has 0 unspecified atom stereocenters. The second-order valence-corrected chi connectivity index (χ2v) is 6.00. The van der Waals surface area contributed by atoms with Crippen molar-refractivity contribution in [3.05, 3.63) is 59.4 Å². The summed E-state index contributed by atoms with van der Waals surface area (Å²) in [6, 6.07) is 9.18. The van der Waals surface area contributed by atoms with Crippen molar-refractivity contribution in [2.75, 3.05) is 21.3 Å². The molecule has 0 bridgehead atoms. The first-order valence-electron chi connectivity index (χ1n) is 8.51. The lowest BCUT2D eigenvalue weighted by Crippen LogP contribution is -2.13. The lowest BCUT2D eigenvalue weighted by molar-refractivity contribution is -0.133. The van der Waals surface area contributed by atoms with E-state index in [0.29, 0.717) is 16.9 Å². The van der Waals surface area contributed by atoms with Crippen LogP contribution in [0.15, 0.2) is 47.1 Å². The van der Waals surface area contributed by atoms with Gasteiger partial charge in [-0.1, -0.05) is 0 Å². The van der Waals surface area contributed by atoms with Gasteiger partial charge in [-0.2, -0.15) is 0 Å². The third-order valence-electron chi connectivity index (χ3n) is 4.18. The number of ether oxygens (including phenoxy) is 4. The molecule has 0 spiro atoms. The fraction of sp³-hybridized carbons (Fsp3) is 0.190. The molecule has 0 saturated carbocycles. The molecule has 3 rings (SSSR count). The minimum absolute atomic E-state index is 0.0211. The maximum atomic E-state index is 12.4. The van der Waals surface area contributed by atoms with E-state index < -0.39 is 17.9 Å². The largest absolute Gasteiger partial charge is 0.497 e. The van der Waals surface area contributed by atoms with Gasteiger partial charge in [0.2, 0.25) is 0 Å². The van der Waals surface area contributed by atoms with Crippen molar-refractivity contribution in [3.63, 3.8) is 0 Å². The molecule has 8 nitrogen and oxygen atoms in total. The van der Waals surface area contributed by atoms with Gasteiger partial charge >= 0.3 is 17.9 Å². The summed E-state index contributed by atoms with van der Waals surface area (Å²) in [6.07, 6.45) is 1.39. The van der Waals surface area contributed by atoms with Crippen molar-refractivity contribution in [1.29, 1.82) is 0 Å². The maximum absolute atomic E-state index is 12.4. The van der Waals surface area contributed by atoms with E-state index in [1.165, 1.54) is 38.7 Å². The monoisotopic (exact) mass is 398 g/mol. The first kappa shape index (κ1) is 19.9. The summed E-state index contributed by atoms with van der Waals surface area (Å²) < 4.78 is 25.3. The van der Waals surface area contributed by atoms with Gasteiger partial charge in [0.25, 0.3) is 0 Å². The maximum Gasteiger partial charge on any atom is 0.338 e. The van der Waals surface area contributed by atoms with Crippen molar-refractivity contribution in [3.8, 4) is 11.5 Å². The molecule has 0 N–H and O–H groups in total. The van der Waals surface area contributed by atoms with E-state index in [2.05, 4.69) is 9.47 Å². The molecule has 0 saturated heterocycles. The zero-order valence-corrected chi connectivity index (χ0v) is 16.0. The topological polar surface area (TPSA) is 101 Å². The van der Waals surface area contributed by atoms with Crippen LogP contribution < -0.4 is 9.47 Å². The molecule has 1 heterocycles. The fourth-order valence-electron chi connectivity index (χ4n) is 2.78. The van der Waals surface area contributed by atoms with E-state index in [1.54, 1.807) is 25.3 Å². The van der Waals surface area contributed by atoms with Crippen LogP contribution in [0.4, 0.5) is 0 Å². The average molecular weight is 398 g/mol. The molecule has 3 aromatic rings. The number of carbonyl (C=O) groups is 3. The highest BCUT2D eigenvalue weighted by Crippen LogP contribution is 2.26. The van der Waals surface area contributed by atoms with Crippen LogP contribution in [0.3, 0.4) is 0 Å². The number of esters is 3. The van der Waals surface area contributed by atoms with Crippen molar-refractivity contribution >= 4 is 28.9 Å². The summed E-state index contributed by atoms with van der Waals surface area (Å²) in [5.74, 6) is -1.30. The fourth-order valence-corrected chi connectivity index (χ4v) is 2.78. The highest BCUT2D eigenvalue weighted by atomic mass is 16.5. The van der Waals surface area contributed by atoms with Gasteiger partial charge < -0.3 is 23.4 Å². The molecule has 0 atom stereocenters. The van der Waals surface area contributed by atoms with Gasteiger partial charge in [-0.05, 0) is 30.3 Å². The Morgan fingerprint density at radius 3 is 2.10 bits per heavy atom. The molecule has 0 aliphatic heterocycles. The van der Waals surface area contributed by atoms with Crippen molar-refractivity contribution in [2.45, 2.75) is 6.42 Å². The van der Waals surface area contributed by atoms with E-state index in [1.807, 2.05) is 0 Å². The molecule has 1 aromatic heterocycles. The predicted octanol–water partition coefficient (Wildman–Crippen LogP) is 3.16. The highest BCUT2D eigenvalue weighted by molar-refractivity contribution is 5.96. The Bertz CT molecular complexity index is 1050. The molecule has 0 amide bonds. The molecule has 2 aromatic carbocycles. The molecule has 8 heteroatoms. The first-order valence-corrected chi connectivity index (χ1v) is 8.51. The average Bonchev–Trinajstić information content (AvgIpc) is 3.13. The van der Waals surface area contributed by atoms with E-state index in [9.17, 15) is 14.4 Å². The summed E-state index contributed by atoms with van der Waals surface area (Å²) in [4.78, 5) is 36.1. The smallest absolute Gasteiger partial charge is 0.338 e. The summed E-state index contributed by atoms with van der Waals surface area (Å²) in [5, 5.41) is 0.751. The number of benzene rings is 2. The summed E-state index contributed by atoms with van der Waals surface area (Å²) in [6.45, 7) is 0. The lowest BCUT2D eigenvalue weighted by atomic mass is 10.1. The zero-order chi connectivity index (χ0) is 21.0. The van der Waals surface area contributed by atoms with E-state index in [-0.39, 0.29) is 23.3 Å². The standard InChI is InChI=1S/C21H18O8/c1-25-15-4-5-17-14(11-28-18(17)10-15)9-19(22)29-16-7-12(20(23)26-2)6-13(8-16)21(24)27-3/h4-8,10-11H,9H2,1-3H3. The number of furan rings is 1. The van der Waals surface area contributed by atoms with Crippen LogP contribution in [0.5, 0.6) is 11.5 Å². The van der Waals surface area contributed by atoms with Crippen molar-refractivity contribution < 1.29 is 37.7 Å². The number of hydrogen-bond donors (Lipinski definition) is 0. The van der Waals surface area contributed by atoms with Crippen molar-refractivity contribution in [1.82, 2.24) is 0 Å². The van der Waals surface area contributed by atoms with Crippen LogP contribution in [0.2, 0.25) is 0 Å². The van der Waals surface area contributed by atoms with Crippen molar-refractivity contribution in [2.24, 2.45) is 0 Å². The van der Waals surface area contributed by atoms with Crippen LogP contribution in [-0.4, -0.2) is 39.2 Å². The first-order chi connectivity index (χ1) is 13.9. The molecule has 0 fully saturated rings. The Morgan fingerprint density at radius 2 is 1.52 bits per heavy atom. The third-order valence-corrected chi connectivity index (χ3v) is 4.18. The quantitative estimate of drug-likeness (QED) is 0.461. The SMILES string of the molecule is COC(=O)c1cc(OC(=O)Cc2coc3cc(OC)ccc23)cc(C(=O)OC)c1. The van der Waals surface area contributed by atoms with Crippen LogP contribution in [-0.2, 0) is 20.7 Å². The molecule has 0 aliphatic carbocycles. The number of methoxy groups -OCH3 is 3. The molecule has 150 valence electrons. The molecular formula is C21H18O8. The van der Waals surface area contributed by atoms with Gasteiger partial charge in [0.05, 0.1) is 45.1 Å². The van der Waals surface area contributed by atoms with Gasteiger partial charge in [0, 0.05) is 17.0 Å². The minimum atomic E-state index is -0.678. The number of carbonyl (C=O) groups excluding carboxylic acids is 3. The van der Waals surface area contributed by atoms with Gasteiger partial charge in [0.15, 0.2) is 0 Å². The van der Waals surface area contributed by atoms with E-state index in [4.69, 9.17) is 13.9 Å². The number of hydrogen-bond acceptors (Lipinski definition) is 8. The number of rotatable bonds is 6. The summed E-state index contributed by atoms with van der Waals surface area (Å²) in [5.41, 5.74) is 1.32. The summed E-state index contributed by atoms with van der Waals surface area (Å²) in [7, 11) is 3.96. The van der Waals surface area contributed by atoms with Crippen LogP contribution in [0, 0.1) is 0 Å². The summed E-state index contributed by atoms with van der Waals surface area (Å²) >= 11 is 0. The number of fused-ring (bicyclic) bond motifs is 1.